The molecule has 0 spiro atoms. The second-order valence-corrected chi connectivity index (χ2v) is 8.42. The van der Waals surface area contributed by atoms with Gasteiger partial charge in [-0.05, 0) is 37.1 Å². The molecule has 1 atom stereocenters. The summed E-state index contributed by atoms with van der Waals surface area (Å²) < 4.78 is 2.00. The van der Waals surface area contributed by atoms with Gasteiger partial charge >= 0.3 is 0 Å². The molecule has 1 N–H and O–H groups in total. The number of aromatic nitrogens is 3. The van der Waals surface area contributed by atoms with Gasteiger partial charge in [-0.1, -0.05) is 49.9 Å². The van der Waals surface area contributed by atoms with Crippen LogP contribution in [0.25, 0.3) is 27.6 Å². The SMILES string of the molecule is CC(C)[C@](C)(C#N)NC(=O)CSc1nc2ccccc2c2nc3ccccc3n12. The van der Waals surface area contributed by atoms with E-state index in [-0.39, 0.29) is 17.6 Å². The van der Waals surface area contributed by atoms with Crippen LogP contribution < -0.4 is 5.32 Å². The number of hydrogen-bond donors (Lipinski definition) is 1. The number of carbonyl (C=O) groups excluding carboxylic acids is 1. The minimum atomic E-state index is -0.897. The quantitative estimate of drug-likeness (QED) is 0.399. The predicted molar refractivity (Wildman–Crippen MR) is 116 cm³/mol. The fraction of sp³-hybridized carbons (Fsp3) is 0.273. The fourth-order valence-corrected chi connectivity index (χ4v) is 3.98. The number of nitriles is 1. The minimum Gasteiger partial charge on any atom is -0.337 e. The van der Waals surface area contributed by atoms with Gasteiger partial charge < -0.3 is 5.32 Å². The first kappa shape index (κ1) is 19.2. The van der Waals surface area contributed by atoms with E-state index in [2.05, 4.69) is 11.4 Å². The molecule has 4 rings (SSSR count). The number of imidazole rings is 1. The highest BCUT2D eigenvalue weighted by molar-refractivity contribution is 7.99. The molecule has 146 valence electrons. The van der Waals surface area contributed by atoms with E-state index in [0.29, 0.717) is 5.16 Å². The Hall–Kier alpha value is -3.11. The summed E-state index contributed by atoms with van der Waals surface area (Å²) in [6, 6.07) is 18.0. The monoisotopic (exact) mass is 403 g/mol. The normalized spacial score (nSPS) is 13.6. The zero-order chi connectivity index (χ0) is 20.6. The van der Waals surface area contributed by atoms with Crippen molar-refractivity contribution in [2.75, 3.05) is 5.75 Å². The van der Waals surface area contributed by atoms with Crippen LogP contribution in [0.3, 0.4) is 0 Å². The summed E-state index contributed by atoms with van der Waals surface area (Å²) in [7, 11) is 0. The number of nitrogens with zero attached hydrogens (tertiary/aromatic N) is 4. The lowest BCUT2D eigenvalue weighted by atomic mass is 9.90. The Morgan fingerprint density at radius 2 is 1.86 bits per heavy atom. The molecule has 0 saturated carbocycles. The molecule has 2 aromatic heterocycles. The van der Waals surface area contributed by atoms with Gasteiger partial charge in [0.05, 0.1) is 28.4 Å². The Morgan fingerprint density at radius 1 is 1.17 bits per heavy atom. The Bertz CT molecular complexity index is 1270. The van der Waals surface area contributed by atoms with Crippen molar-refractivity contribution in [3.8, 4) is 6.07 Å². The van der Waals surface area contributed by atoms with Gasteiger partial charge in [-0.15, -0.1) is 0 Å². The summed E-state index contributed by atoms with van der Waals surface area (Å²) in [5.74, 6) is -0.0264. The van der Waals surface area contributed by atoms with Crippen LogP contribution in [0, 0.1) is 17.2 Å². The predicted octanol–water partition coefficient (Wildman–Crippen LogP) is 4.18. The highest BCUT2D eigenvalue weighted by atomic mass is 32.2. The topological polar surface area (TPSA) is 83.1 Å². The maximum Gasteiger partial charge on any atom is 0.231 e. The van der Waals surface area contributed by atoms with Gasteiger partial charge in [0.2, 0.25) is 5.91 Å². The molecule has 0 aliphatic heterocycles. The van der Waals surface area contributed by atoms with Gasteiger partial charge in [0, 0.05) is 5.39 Å². The molecule has 2 heterocycles. The molecule has 29 heavy (non-hydrogen) atoms. The van der Waals surface area contributed by atoms with Crippen molar-refractivity contribution in [2.24, 2.45) is 5.92 Å². The maximum atomic E-state index is 12.6. The zero-order valence-electron chi connectivity index (χ0n) is 16.5. The van der Waals surface area contributed by atoms with E-state index in [4.69, 9.17) is 9.97 Å². The first-order chi connectivity index (χ1) is 13.9. The molecule has 2 aromatic carbocycles. The number of thioether (sulfide) groups is 1. The van der Waals surface area contributed by atoms with E-state index in [9.17, 15) is 10.1 Å². The van der Waals surface area contributed by atoms with Crippen molar-refractivity contribution in [3.05, 3.63) is 48.5 Å². The maximum absolute atomic E-state index is 12.6. The van der Waals surface area contributed by atoms with Crippen molar-refractivity contribution in [3.63, 3.8) is 0 Å². The molecule has 0 aliphatic rings. The molecule has 0 unspecified atom stereocenters. The van der Waals surface area contributed by atoms with Gasteiger partial charge in [-0.3, -0.25) is 9.20 Å². The molecule has 0 bridgehead atoms. The van der Waals surface area contributed by atoms with Gasteiger partial charge in [-0.25, -0.2) is 9.97 Å². The van der Waals surface area contributed by atoms with Crippen LogP contribution in [-0.2, 0) is 4.79 Å². The highest BCUT2D eigenvalue weighted by Crippen LogP contribution is 2.29. The summed E-state index contributed by atoms with van der Waals surface area (Å²) in [6.45, 7) is 5.58. The van der Waals surface area contributed by atoms with Crippen LogP contribution in [0.1, 0.15) is 20.8 Å². The van der Waals surface area contributed by atoms with Crippen molar-refractivity contribution < 1.29 is 4.79 Å². The fourth-order valence-electron chi connectivity index (χ4n) is 3.17. The number of nitrogens with one attached hydrogen (secondary N) is 1. The average molecular weight is 404 g/mol. The first-order valence-electron chi connectivity index (χ1n) is 9.44. The third-order valence-corrected chi connectivity index (χ3v) is 6.17. The lowest BCUT2D eigenvalue weighted by Gasteiger charge is -2.27. The van der Waals surface area contributed by atoms with Crippen molar-refractivity contribution in [2.45, 2.75) is 31.5 Å². The molecule has 0 aliphatic carbocycles. The number of benzene rings is 2. The minimum absolute atomic E-state index is 0.00421. The molecule has 6 nitrogen and oxygen atoms in total. The third kappa shape index (κ3) is 3.40. The van der Waals surface area contributed by atoms with E-state index < -0.39 is 5.54 Å². The summed E-state index contributed by atoms with van der Waals surface area (Å²) in [4.78, 5) is 22.1. The average Bonchev–Trinajstić information content (AvgIpc) is 3.12. The number of para-hydroxylation sites is 3. The number of amides is 1. The lowest BCUT2D eigenvalue weighted by Crippen LogP contribution is -2.49. The van der Waals surface area contributed by atoms with Crippen molar-refractivity contribution >= 4 is 45.3 Å². The molecule has 1 amide bonds. The summed E-state index contributed by atoms with van der Waals surface area (Å²) in [5, 5.41) is 14.0. The van der Waals surface area contributed by atoms with Crippen LogP contribution in [0.5, 0.6) is 0 Å². The van der Waals surface area contributed by atoms with Crippen LogP contribution in [0.15, 0.2) is 53.7 Å². The lowest BCUT2D eigenvalue weighted by molar-refractivity contribution is -0.120. The molecule has 4 aromatic rings. The Kier molecular flexibility index (Phi) is 4.89. The van der Waals surface area contributed by atoms with Gasteiger partial charge in [0.25, 0.3) is 0 Å². The van der Waals surface area contributed by atoms with Gasteiger partial charge in [-0.2, -0.15) is 5.26 Å². The largest absolute Gasteiger partial charge is 0.337 e. The summed E-state index contributed by atoms with van der Waals surface area (Å²) >= 11 is 1.35. The van der Waals surface area contributed by atoms with E-state index in [1.54, 1.807) is 6.92 Å². The smallest absolute Gasteiger partial charge is 0.231 e. The molecule has 7 heteroatoms. The molecular weight excluding hydrogens is 382 g/mol. The Labute approximate surface area is 172 Å². The van der Waals surface area contributed by atoms with E-state index in [1.165, 1.54) is 11.8 Å². The summed E-state index contributed by atoms with van der Waals surface area (Å²) in [6.07, 6.45) is 0. The zero-order valence-corrected chi connectivity index (χ0v) is 17.3. The second kappa shape index (κ2) is 7.37. The van der Waals surface area contributed by atoms with E-state index >= 15 is 0 Å². The third-order valence-electron chi connectivity index (χ3n) is 5.23. The van der Waals surface area contributed by atoms with E-state index in [0.717, 1.165) is 27.6 Å². The number of hydrogen-bond acceptors (Lipinski definition) is 5. The molecule has 0 fully saturated rings. The first-order valence-corrected chi connectivity index (χ1v) is 10.4. The Balaban J connectivity index is 1.73. The van der Waals surface area contributed by atoms with Crippen LogP contribution in [-0.4, -0.2) is 31.6 Å². The Morgan fingerprint density at radius 3 is 2.59 bits per heavy atom. The number of fused-ring (bicyclic) bond motifs is 5. The van der Waals surface area contributed by atoms with Crippen LogP contribution in [0.4, 0.5) is 0 Å². The molecular formula is C22H21N5OS. The van der Waals surface area contributed by atoms with Crippen molar-refractivity contribution in [1.82, 2.24) is 19.7 Å². The van der Waals surface area contributed by atoms with Crippen LogP contribution >= 0.6 is 11.8 Å². The van der Waals surface area contributed by atoms with Gasteiger partial charge in [0.1, 0.15) is 11.2 Å². The van der Waals surface area contributed by atoms with E-state index in [1.807, 2.05) is 66.8 Å². The number of rotatable bonds is 5. The van der Waals surface area contributed by atoms with Gasteiger partial charge in [0.15, 0.2) is 5.16 Å². The summed E-state index contributed by atoms with van der Waals surface area (Å²) in [5.41, 5.74) is 2.60. The second-order valence-electron chi connectivity index (χ2n) is 7.48. The standard InChI is InChI=1S/C22H21N5OS/c1-14(2)22(3,13-23)26-19(28)12-29-21-25-16-9-5-4-8-15(16)20-24-17-10-6-7-11-18(17)27(20)21/h4-11,14H,12H2,1-3H3,(H,26,28)/t22-/m0/s1. The van der Waals surface area contributed by atoms with Crippen molar-refractivity contribution in [1.29, 1.82) is 5.26 Å². The highest BCUT2D eigenvalue weighted by Gasteiger charge is 2.30. The van der Waals surface area contributed by atoms with Crippen LogP contribution in [0.2, 0.25) is 0 Å². The molecule has 0 saturated heterocycles. The molecule has 0 radical (unpaired) electrons. The number of carbonyl (C=O) groups is 1.